The van der Waals surface area contributed by atoms with Gasteiger partial charge in [-0.1, -0.05) is 24.3 Å². The molecular weight excluding hydrogens is 178 g/mol. The molecule has 1 nitrogen and oxygen atoms in total. The van der Waals surface area contributed by atoms with E-state index < -0.39 is 0 Å². The van der Waals surface area contributed by atoms with E-state index in [1.54, 1.807) is 0 Å². The van der Waals surface area contributed by atoms with Crippen molar-refractivity contribution in [3.8, 4) is 0 Å². The average molecular weight is 189 g/mol. The molecule has 0 spiro atoms. The number of rotatable bonds is 0. The number of benzene rings is 1. The highest BCUT2D eigenvalue weighted by atomic mass is 32.2. The van der Waals surface area contributed by atoms with Crippen LogP contribution in [0.25, 0.3) is 6.08 Å². The Labute approximate surface area is 82.4 Å². The van der Waals surface area contributed by atoms with E-state index in [2.05, 4.69) is 41.4 Å². The zero-order chi connectivity index (χ0) is 8.67. The molecule has 1 saturated heterocycles. The minimum absolute atomic E-state index is 0.584. The maximum Gasteiger partial charge on any atom is 0.101 e. The third-order valence-electron chi connectivity index (χ3n) is 2.63. The Morgan fingerprint density at radius 2 is 2.23 bits per heavy atom. The molecule has 0 radical (unpaired) electrons. The van der Waals surface area contributed by atoms with Crippen molar-refractivity contribution in [1.29, 1.82) is 0 Å². The van der Waals surface area contributed by atoms with E-state index in [0.717, 1.165) is 0 Å². The molecule has 2 heterocycles. The van der Waals surface area contributed by atoms with Gasteiger partial charge in [0.05, 0.1) is 0 Å². The van der Waals surface area contributed by atoms with Gasteiger partial charge in [0.15, 0.2) is 0 Å². The summed E-state index contributed by atoms with van der Waals surface area (Å²) in [7, 11) is 0. The highest BCUT2D eigenvalue weighted by molar-refractivity contribution is 7.99. The van der Waals surface area contributed by atoms with E-state index in [0.29, 0.717) is 5.37 Å². The summed E-state index contributed by atoms with van der Waals surface area (Å²) in [6, 6.07) is 8.68. The third kappa shape index (κ3) is 1.09. The van der Waals surface area contributed by atoms with Gasteiger partial charge >= 0.3 is 0 Å². The van der Waals surface area contributed by atoms with E-state index in [1.807, 2.05) is 11.8 Å². The lowest BCUT2D eigenvalue weighted by molar-refractivity contribution is 0.401. The van der Waals surface area contributed by atoms with Gasteiger partial charge in [-0.05, 0) is 17.2 Å². The zero-order valence-electron chi connectivity index (χ0n) is 7.31. The fourth-order valence-electron chi connectivity index (χ4n) is 1.97. The number of hydrogen-bond donors (Lipinski definition) is 0. The molecule has 1 fully saturated rings. The molecule has 0 bridgehead atoms. The van der Waals surface area contributed by atoms with Gasteiger partial charge in [0.25, 0.3) is 0 Å². The van der Waals surface area contributed by atoms with Crippen molar-refractivity contribution in [2.24, 2.45) is 0 Å². The first-order valence-electron chi connectivity index (χ1n) is 4.60. The molecule has 0 N–H and O–H groups in total. The largest absolute Gasteiger partial charge is 0.361 e. The summed E-state index contributed by atoms with van der Waals surface area (Å²) in [6.07, 6.45) is 4.45. The van der Waals surface area contributed by atoms with Crippen LogP contribution in [0, 0.1) is 0 Å². The van der Waals surface area contributed by atoms with E-state index in [4.69, 9.17) is 0 Å². The van der Waals surface area contributed by atoms with E-state index >= 15 is 0 Å². The standard InChI is InChI=1S/C11H11NS/c1-2-4-10-9(3-1)5-6-12-7-8-13-11(10)12/h1-6,11H,7-8H2. The molecule has 0 aliphatic carbocycles. The quantitative estimate of drug-likeness (QED) is 0.617. The molecule has 2 aliphatic heterocycles. The van der Waals surface area contributed by atoms with E-state index in [9.17, 15) is 0 Å². The highest BCUT2D eigenvalue weighted by Gasteiger charge is 2.27. The second kappa shape index (κ2) is 2.81. The normalized spacial score (nSPS) is 24.3. The molecule has 1 unspecified atom stereocenters. The van der Waals surface area contributed by atoms with Gasteiger partial charge in [-0.15, -0.1) is 11.8 Å². The Hall–Kier alpha value is -0.890. The van der Waals surface area contributed by atoms with Crippen molar-refractivity contribution in [2.75, 3.05) is 12.3 Å². The fourth-order valence-corrected chi connectivity index (χ4v) is 3.27. The smallest absolute Gasteiger partial charge is 0.101 e. The van der Waals surface area contributed by atoms with Gasteiger partial charge in [0, 0.05) is 18.5 Å². The summed E-state index contributed by atoms with van der Waals surface area (Å²) in [5.41, 5.74) is 2.87. The lowest BCUT2D eigenvalue weighted by Crippen LogP contribution is -2.19. The molecule has 3 rings (SSSR count). The molecule has 1 aromatic carbocycles. The number of fused-ring (bicyclic) bond motifs is 3. The van der Waals surface area contributed by atoms with Crippen LogP contribution in [-0.2, 0) is 0 Å². The van der Waals surface area contributed by atoms with Gasteiger partial charge in [0.2, 0.25) is 0 Å². The molecular formula is C11H11NS. The van der Waals surface area contributed by atoms with Gasteiger partial charge in [-0.25, -0.2) is 0 Å². The van der Waals surface area contributed by atoms with Crippen LogP contribution < -0.4 is 0 Å². The second-order valence-corrected chi connectivity index (χ2v) is 4.59. The lowest BCUT2D eigenvalue weighted by Gasteiger charge is -2.27. The van der Waals surface area contributed by atoms with Crippen molar-refractivity contribution in [2.45, 2.75) is 5.37 Å². The van der Waals surface area contributed by atoms with Crippen molar-refractivity contribution in [3.05, 3.63) is 41.6 Å². The molecule has 13 heavy (non-hydrogen) atoms. The topological polar surface area (TPSA) is 3.24 Å². The van der Waals surface area contributed by atoms with Crippen molar-refractivity contribution in [1.82, 2.24) is 4.90 Å². The Kier molecular flexibility index (Phi) is 1.62. The number of thioether (sulfide) groups is 1. The molecule has 0 saturated carbocycles. The fraction of sp³-hybridized carbons (Fsp3) is 0.273. The first-order valence-corrected chi connectivity index (χ1v) is 5.64. The monoisotopic (exact) mass is 189 g/mol. The summed E-state index contributed by atoms with van der Waals surface area (Å²) in [5, 5.41) is 0.584. The van der Waals surface area contributed by atoms with Crippen LogP contribution >= 0.6 is 11.8 Å². The summed E-state index contributed by atoms with van der Waals surface area (Å²) in [4.78, 5) is 2.42. The van der Waals surface area contributed by atoms with Crippen LogP contribution in [0.15, 0.2) is 30.5 Å². The predicted octanol–water partition coefficient (Wildman–Crippen LogP) is 2.72. The average Bonchev–Trinajstić information content (AvgIpc) is 2.65. The van der Waals surface area contributed by atoms with Crippen LogP contribution in [0.4, 0.5) is 0 Å². The zero-order valence-corrected chi connectivity index (χ0v) is 8.13. The van der Waals surface area contributed by atoms with Crippen molar-refractivity contribution >= 4 is 17.8 Å². The molecule has 2 aliphatic rings. The molecule has 0 amide bonds. The second-order valence-electron chi connectivity index (χ2n) is 3.41. The minimum atomic E-state index is 0.584. The van der Waals surface area contributed by atoms with E-state index in [-0.39, 0.29) is 0 Å². The van der Waals surface area contributed by atoms with Gasteiger partial charge in [0.1, 0.15) is 5.37 Å². The summed E-state index contributed by atoms with van der Waals surface area (Å²) >= 11 is 2.04. The minimum Gasteiger partial charge on any atom is -0.361 e. The molecule has 1 atom stereocenters. The Morgan fingerprint density at radius 3 is 3.23 bits per heavy atom. The number of nitrogens with zero attached hydrogens (tertiary/aromatic N) is 1. The van der Waals surface area contributed by atoms with Gasteiger partial charge in [-0.2, -0.15) is 0 Å². The Morgan fingerprint density at radius 1 is 1.31 bits per heavy atom. The predicted molar refractivity (Wildman–Crippen MR) is 57.4 cm³/mol. The SMILES string of the molecule is C1=CN2CCSC2c2ccccc21. The summed E-state index contributed by atoms with van der Waals surface area (Å²) < 4.78 is 0. The summed E-state index contributed by atoms with van der Waals surface area (Å²) in [5.74, 6) is 1.25. The van der Waals surface area contributed by atoms with Crippen LogP contribution in [-0.4, -0.2) is 17.2 Å². The van der Waals surface area contributed by atoms with Gasteiger partial charge < -0.3 is 4.90 Å². The van der Waals surface area contributed by atoms with Gasteiger partial charge in [-0.3, -0.25) is 0 Å². The first-order chi connectivity index (χ1) is 6.45. The van der Waals surface area contributed by atoms with Crippen LogP contribution in [0.1, 0.15) is 16.5 Å². The van der Waals surface area contributed by atoms with Crippen LogP contribution in [0.2, 0.25) is 0 Å². The maximum atomic E-state index is 2.42. The number of hydrogen-bond acceptors (Lipinski definition) is 2. The third-order valence-corrected chi connectivity index (χ3v) is 3.89. The highest BCUT2D eigenvalue weighted by Crippen LogP contribution is 2.42. The van der Waals surface area contributed by atoms with E-state index in [1.165, 1.54) is 23.4 Å². The Bertz CT molecular complexity index is 359. The van der Waals surface area contributed by atoms with Crippen LogP contribution in [0.5, 0.6) is 0 Å². The van der Waals surface area contributed by atoms with Crippen LogP contribution in [0.3, 0.4) is 0 Å². The van der Waals surface area contributed by atoms with Crippen molar-refractivity contribution < 1.29 is 0 Å². The molecule has 66 valence electrons. The molecule has 2 heteroatoms. The Balaban J connectivity index is 2.13. The van der Waals surface area contributed by atoms with Crippen molar-refractivity contribution in [3.63, 3.8) is 0 Å². The molecule has 0 aromatic heterocycles. The summed E-state index contributed by atoms with van der Waals surface area (Å²) in [6.45, 7) is 1.19. The molecule has 1 aromatic rings. The first kappa shape index (κ1) is 7.51. The maximum absolute atomic E-state index is 2.42. The lowest BCUT2D eigenvalue weighted by atomic mass is 10.0.